The van der Waals surface area contributed by atoms with Crippen molar-refractivity contribution in [3.05, 3.63) is 46.0 Å². The van der Waals surface area contributed by atoms with Gasteiger partial charge < -0.3 is 31.7 Å². The van der Waals surface area contributed by atoms with E-state index in [0.717, 1.165) is 87.0 Å². The van der Waals surface area contributed by atoms with Crippen LogP contribution in [-0.2, 0) is 17.9 Å². The Balaban J connectivity index is 1.27. The number of carbonyl (C=O) groups is 1. The van der Waals surface area contributed by atoms with Crippen molar-refractivity contribution in [2.45, 2.75) is 95.7 Å². The van der Waals surface area contributed by atoms with Crippen LogP contribution < -0.4 is 16.4 Å². The highest BCUT2D eigenvalue weighted by molar-refractivity contribution is 8.76. The van der Waals surface area contributed by atoms with Crippen LogP contribution in [0.2, 0.25) is 0 Å². The summed E-state index contributed by atoms with van der Waals surface area (Å²) >= 11 is 0. The average Bonchev–Trinajstić information content (AvgIpc) is 3.42. The molecule has 1 aromatic carbocycles. The van der Waals surface area contributed by atoms with Crippen molar-refractivity contribution in [2.75, 3.05) is 38.3 Å². The summed E-state index contributed by atoms with van der Waals surface area (Å²) < 4.78 is 0. The van der Waals surface area contributed by atoms with Crippen molar-refractivity contribution in [1.29, 1.82) is 0 Å². The van der Waals surface area contributed by atoms with Gasteiger partial charge in [-0.2, -0.15) is 0 Å². The van der Waals surface area contributed by atoms with Gasteiger partial charge in [-0.15, -0.1) is 0 Å². The van der Waals surface area contributed by atoms with Gasteiger partial charge in [0, 0.05) is 55.6 Å². The van der Waals surface area contributed by atoms with Gasteiger partial charge in [-0.3, -0.25) is 9.79 Å². The molecule has 8 nitrogen and oxygen atoms in total. The van der Waals surface area contributed by atoms with E-state index in [-0.39, 0.29) is 59.9 Å². The number of ketones is 1. The van der Waals surface area contributed by atoms with E-state index in [1.807, 2.05) is 28.6 Å². The molecule has 0 radical (unpaired) electrons. The Morgan fingerprint density at radius 2 is 2.00 bits per heavy atom. The number of Topliss-reactive ketones (excluding diaryl/α,β-unsaturated/α-hetero) is 1. The minimum Gasteiger partial charge on any atom is -0.396 e. The van der Waals surface area contributed by atoms with E-state index in [4.69, 9.17) is 10.7 Å². The zero-order valence-corrected chi connectivity index (χ0v) is 30.4. The maximum atomic E-state index is 14.3. The molecule has 3 fully saturated rings. The smallest absolute Gasteiger partial charge is 0.189 e. The number of nitrogens with two attached hydrogens (primary N) is 1. The molecule has 2 spiro atoms. The third kappa shape index (κ3) is 5.42. The van der Waals surface area contributed by atoms with E-state index in [1.165, 1.54) is 16.7 Å². The Kier molecular flexibility index (Phi) is 10.1. The van der Waals surface area contributed by atoms with Crippen LogP contribution in [0.25, 0.3) is 0 Å². The van der Waals surface area contributed by atoms with Gasteiger partial charge in [0.2, 0.25) is 0 Å². The summed E-state index contributed by atoms with van der Waals surface area (Å²) in [6.07, 6.45) is 9.05. The molecular formula is C38H56N4O4S2. The molecule has 264 valence electrons. The molecule has 5 bridgehead atoms. The average molecular weight is 697 g/mol. The highest BCUT2D eigenvalue weighted by atomic mass is 33.1. The van der Waals surface area contributed by atoms with Crippen LogP contribution in [0, 0.1) is 40.4 Å². The maximum Gasteiger partial charge on any atom is 0.189 e. The number of aliphatic imine (C=N–C) groups is 1. The van der Waals surface area contributed by atoms with Crippen molar-refractivity contribution < 1.29 is 20.1 Å². The quantitative estimate of drug-likeness (QED) is 0.209. The molecular weight excluding hydrogens is 641 g/mol. The predicted molar refractivity (Wildman–Crippen MR) is 196 cm³/mol. The molecule has 4 aliphatic carbocycles. The largest absolute Gasteiger partial charge is 0.396 e. The standard InChI is InChI=1S/C38H56N4O4S2/c1-36-11-13-47-48-22-38-26(7-9-28(33(38)19-41-35(39)42-38)30-14-23(18-40-2)5-6-24(30)20-44)8-10-29-32-16-27(36)15-25(21-45)31(4-3-12-43)37(32,36)17-34(29)46/h5-6,14,25-28,31,33,40,43-45H,3-4,7-13,15-22H2,1-2H3,(H3,39,41,42)/t25-,26-,27-,28-,31-,33-,36+,37+,38+/m1/s1. The number of aliphatic hydroxyl groups excluding tert-OH is 3. The molecule has 0 saturated heterocycles. The molecule has 1 aromatic rings. The summed E-state index contributed by atoms with van der Waals surface area (Å²) in [4.78, 5) is 19.1. The van der Waals surface area contributed by atoms with Crippen molar-refractivity contribution >= 4 is 33.3 Å². The number of hydrogen-bond acceptors (Lipinski definition) is 10. The minimum absolute atomic E-state index is 0.0189. The first-order valence-corrected chi connectivity index (χ1v) is 20.9. The monoisotopic (exact) mass is 696 g/mol. The summed E-state index contributed by atoms with van der Waals surface area (Å²) in [6.45, 7) is 4.27. The molecule has 2 aliphatic heterocycles. The number of aliphatic hydroxyl groups is 3. The predicted octanol–water partition coefficient (Wildman–Crippen LogP) is 4.91. The van der Waals surface area contributed by atoms with Crippen LogP contribution >= 0.6 is 21.6 Å². The van der Waals surface area contributed by atoms with Crippen LogP contribution in [0.5, 0.6) is 0 Å². The van der Waals surface area contributed by atoms with E-state index < -0.39 is 0 Å². The van der Waals surface area contributed by atoms with Crippen LogP contribution in [0.15, 0.2) is 34.3 Å². The van der Waals surface area contributed by atoms with Crippen molar-refractivity contribution in [2.24, 2.45) is 51.1 Å². The van der Waals surface area contributed by atoms with Gasteiger partial charge in [0.15, 0.2) is 11.7 Å². The first-order chi connectivity index (χ1) is 23.3. The van der Waals surface area contributed by atoms with Crippen LogP contribution in [0.3, 0.4) is 0 Å². The molecule has 0 amide bonds. The maximum absolute atomic E-state index is 14.3. The molecule has 6 aliphatic rings. The van der Waals surface area contributed by atoms with Gasteiger partial charge in [0.25, 0.3) is 0 Å². The molecule has 10 heteroatoms. The second-order valence-electron chi connectivity index (χ2n) is 16.0. The molecule has 2 heterocycles. The lowest BCUT2D eigenvalue weighted by Gasteiger charge is -2.57. The Labute approximate surface area is 294 Å². The summed E-state index contributed by atoms with van der Waals surface area (Å²) in [7, 11) is 5.93. The normalized spacial score (nSPS) is 39.4. The van der Waals surface area contributed by atoms with Crippen LogP contribution in [-0.4, -0.2) is 70.9 Å². The highest BCUT2D eigenvalue weighted by Crippen LogP contribution is 2.75. The van der Waals surface area contributed by atoms with Crippen molar-refractivity contribution in [1.82, 2.24) is 10.6 Å². The number of rotatable bonds is 8. The molecule has 0 aromatic heterocycles. The highest BCUT2D eigenvalue weighted by Gasteiger charge is 2.69. The third-order valence-electron chi connectivity index (χ3n) is 14.3. The fourth-order valence-electron chi connectivity index (χ4n) is 12.1. The zero-order valence-electron chi connectivity index (χ0n) is 28.8. The SMILES string of the molecule is CNCc1ccc(CO)c([C@H]2CC[C@@H]3CCC4=C5C[C@H]6C[C@H](CO)[C@@H](CCCO)[C@]5(CC4=O)[C@@]6(C)CCSSC[C@]34NC(N)=NC[C@H]24)c1. The Bertz CT molecular complexity index is 1450. The molecule has 3 saturated carbocycles. The lowest BCUT2D eigenvalue weighted by atomic mass is 9.47. The van der Waals surface area contributed by atoms with Crippen molar-refractivity contribution in [3.8, 4) is 0 Å². The van der Waals surface area contributed by atoms with Gasteiger partial charge >= 0.3 is 0 Å². The number of nitrogens with zero attached hydrogens (tertiary/aromatic N) is 1. The number of guanidine groups is 1. The third-order valence-corrected chi connectivity index (χ3v) is 16.7. The molecule has 0 unspecified atom stereocenters. The second-order valence-corrected chi connectivity index (χ2v) is 18.6. The van der Waals surface area contributed by atoms with Gasteiger partial charge in [0.05, 0.1) is 12.1 Å². The van der Waals surface area contributed by atoms with E-state index in [0.29, 0.717) is 36.5 Å². The molecule has 9 atom stereocenters. The second kappa shape index (κ2) is 13.9. The fourth-order valence-corrected chi connectivity index (χ4v) is 14.9. The topological polar surface area (TPSA) is 140 Å². The van der Waals surface area contributed by atoms with E-state index in [1.54, 1.807) is 0 Å². The van der Waals surface area contributed by atoms with Crippen molar-refractivity contribution in [3.63, 3.8) is 0 Å². The number of benzene rings is 1. The van der Waals surface area contributed by atoms with Gasteiger partial charge in [-0.1, -0.05) is 52.3 Å². The van der Waals surface area contributed by atoms with Crippen LogP contribution in [0.4, 0.5) is 0 Å². The summed E-state index contributed by atoms with van der Waals surface area (Å²) in [5.74, 6) is 4.54. The van der Waals surface area contributed by atoms with E-state index in [9.17, 15) is 20.1 Å². The Morgan fingerprint density at radius 1 is 1.15 bits per heavy atom. The summed E-state index contributed by atoms with van der Waals surface area (Å²) in [5.41, 5.74) is 12.1. The van der Waals surface area contributed by atoms with E-state index in [2.05, 4.69) is 35.8 Å². The Hall–Kier alpha value is -1.56. The molecule has 7 rings (SSSR count). The lowest BCUT2D eigenvalue weighted by molar-refractivity contribution is -0.125. The lowest BCUT2D eigenvalue weighted by Crippen LogP contribution is -2.68. The van der Waals surface area contributed by atoms with E-state index >= 15 is 0 Å². The first kappa shape index (κ1) is 34.9. The molecule has 48 heavy (non-hydrogen) atoms. The minimum atomic E-state index is -0.263. The Morgan fingerprint density at radius 3 is 2.77 bits per heavy atom. The van der Waals surface area contributed by atoms with Gasteiger partial charge in [0.1, 0.15) is 0 Å². The van der Waals surface area contributed by atoms with Crippen LogP contribution in [0.1, 0.15) is 93.7 Å². The summed E-state index contributed by atoms with van der Waals surface area (Å²) in [5, 5.41) is 38.1. The van der Waals surface area contributed by atoms with Gasteiger partial charge in [-0.05, 0) is 122 Å². The zero-order chi connectivity index (χ0) is 33.7. The number of allylic oxidation sites excluding steroid dienone is 2. The number of nitrogens with one attached hydrogen (secondary N) is 2. The molecule has 7 N–H and O–H groups in total. The first-order valence-electron chi connectivity index (χ1n) is 18.4. The summed E-state index contributed by atoms with van der Waals surface area (Å²) in [6, 6.07) is 6.52. The number of carbonyl (C=O) groups excluding carboxylic acids is 1. The fraction of sp³-hybridized carbons (Fsp3) is 0.737. The van der Waals surface area contributed by atoms with Gasteiger partial charge in [-0.25, -0.2) is 0 Å². The number of hydrogen-bond donors (Lipinski definition) is 6.